The second-order valence-corrected chi connectivity index (χ2v) is 5.22. The number of thioether (sulfide) groups is 1. The molecule has 5 heteroatoms. The summed E-state index contributed by atoms with van der Waals surface area (Å²) in [5, 5.41) is 13.7. The molecule has 1 heterocycles. The second-order valence-electron chi connectivity index (χ2n) is 4.22. The summed E-state index contributed by atoms with van der Waals surface area (Å²) in [4.78, 5) is 8.06. The first-order valence-electron chi connectivity index (χ1n) is 5.86. The molecule has 17 heavy (non-hydrogen) atoms. The van der Waals surface area contributed by atoms with Crippen molar-refractivity contribution in [3.63, 3.8) is 0 Å². The molecule has 0 saturated heterocycles. The minimum atomic E-state index is -0.385. The van der Waals surface area contributed by atoms with Crippen molar-refractivity contribution in [2.24, 2.45) is 5.92 Å². The van der Waals surface area contributed by atoms with Crippen LogP contribution in [0.4, 0.5) is 0 Å². The van der Waals surface area contributed by atoms with Crippen LogP contribution in [0, 0.1) is 17.2 Å². The van der Waals surface area contributed by atoms with E-state index < -0.39 is 0 Å². The average molecular weight is 248 g/mol. The van der Waals surface area contributed by atoms with E-state index in [2.05, 4.69) is 21.4 Å². The molecule has 1 unspecified atom stereocenters. The average Bonchev–Trinajstić information content (AvgIpc) is 3.20. The standard InChI is InChI=1S/C12H16N4S/c1-2-16-12(7-13,10-3-4-10)8-17-11-5-6-14-9-15-11/h5-6,9-10,16H,2-4,8H2,1H3. The van der Waals surface area contributed by atoms with Crippen LogP contribution in [0.1, 0.15) is 19.8 Å². The summed E-state index contributed by atoms with van der Waals surface area (Å²) in [7, 11) is 0. The Labute approximate surface area is 106 Å². The maximum Gasteiger partial charge on any atom is 0.119 e. The maximum atomic E-state index is 9.44. The van der Waals surface area contributed by atoms with Gasteiger partial charge in [-0.25, -0.2) is 9.97 Å². The SMILES string of the molecule is CCNC(C#N)(CSc1ccncn1)C1CC1. The first-order chi connectivity index (χ1) is 8.30. The molecule has 1 atom stereocenters. The van der Waals surface area contributed by atoms with E-state index >= 15 is 0 Å². The molecule has 1 saturated carbocycles. The molecule has 0 aliphatic heterocycles. The first-order valence-corrected chi connectivity index (χ1v) is 6.84. The van der Waals surface area contributed by atoms with Crippen LogP contribution >= 0.6 is 11.8 Å². The van der Waals surface area contributed by atoms with Gasteiger partial charge in [0.2, 0.25) is 0 Å². The zero-order valence-electron chi connectivity index (χ0n) is 9.89. The Hall–Kier alpha value is -1.12. The van der Waals surface area contributed by atoms with Crippen LogP contribution in [0.3, 0.4) is 0 Å². The van der Waals surface area contributed by atoms with Gasteiger partial charge in [0.15, 0.2) is 0 Å². The van der Waals surface area contributed by atoms with Crippen LogP contribution in [0.15, 0.2) is 23.6 Å². The van der Waals surface area contributed by atoms with Crippen LogP contribution in [0.5, 0.6) is 0 Å². The lowest BCUT2D eigenvalue weighted by Gasteiger charge is -2.26. The third kappa shape index (κ3) is 2.96. The van der Waals surface area contributed by atoms with Crippen molar-refractivity contribution in [2.45, 2.75) is 30.3 Å². The molecule has 0 amide bonds. The number of nitrogens with zero attached hydrogens (tertiary/aromatic N) is 3. The fraction of sp³-hybridized carbons (Fsp3) is 0.583. The number of rotatable bonds is 6. The monoisotopic (exact) mass is 248 g/mol. The highest BCUT2D eigenvalue weighted by Gasteiger charge is 2.45. The fourth-order valence-electron chi connectivity index (χ4n) is 1.92. The van der Waals surface area contributed by atoms with E-state index in [9.17, 15) is 5.26 Å². The molecule has 1 aliphatic rings. The van der Waals surface area contributed by atoms with Gasteiger partial charge in [-0.15, -0.1) is 11.8 Å². The highest BCUT2D eigenvalue weighted by Crippen LogP contribution is 2.41. The molecule has 90 valence electrons. The van der Waals surface area contributed by atoms with E-state index in [0.29, 0.717) is 5.92 Å². The van der Waals surface area contributed by atoms with Gasteiger partial charge in [0, 0.05) is 11.9 Å². The van der Waals surface area contributed by atoms with E-state index in [1.807, 2.05) is 13.0 Å². The molecule has 0 spiro atoms. The van der Waals surface area contributed by atoms with Crippen LogP contribution in [0.25, 0.3) is 0 Å². The van der Waals surface area contributed by atoms with Crippen molar-refractivity contribution in [1.29, 1.82) is 5.26 Å². The van der Waals surface area contributed by atoms with Crippen molar-refractivity contribution in [3.05, 3.63) is 18.6 Å². The summed E-state index contributed by atoms with van der Waals surface area (Å²) < 4.78 is 0. The van der Waals surface area contributed by atoms with Crippen molar-refractivity contribution in [3.8, 4) is 6.07 Å². The molecule has 0 radical (unpaired) electrons. The lowest BCUT2D eigenvalue weighted by atomic mass is 9.98. The molecule has 0 bridgehead atoms. The molecule has 1 fully saturated rings. The minimum Gasteiger partial charge on any atom is -0.299 e. The van der Waals surface area contributed by atoms with Crippen molar-refractivity contribution in [1.82, 2.24) is 15.3 Å². The van der Waals surface area contributed by atoms with Crippen LogP contribution < -0.4 is 5.32 Å². The van der Waals surface area contributed by atoms with Gasteiger partial charge >= 0.3 is 0 Å². The lowest BCUT2D eigenvalue weighted by Crippen LogP contribution is -2.48. The summed E-state index contributed by atoms with van der Waals surface area (Å²) in [5.74, 6) is 1.25. The Bertz CT molecular complexity index is 399. The molecule has 1 aliphatic carbocycles. The van der Waals surface area contributed by atoms with E-state index in [-0.39, 0.29) is 5.54 Å². The Kier molecular flexibility index (Phi) is 3.97. The zero-order valence-corrected chi connectivity index (χ0v) is 10.7. The topological polar surface area (TPSA) is 61.6 Å². The van der Waals surface area contributed by atoms with Crippen LogP contribution in [0.2, 0.25) is 0 Å². The van der Waals surface area contributed by atoms with E-state index in [1.165, 1.54) is 0 Å². The predicted molar refractivity (Wildman–Crippen MR) is 67.5 cm³/mol. The minimum absolute atomic E-state index is 0.385. The number of nitriles is 1. The molecule has 1 aromatic rings. The van der Waals surface area contributed by atoms with Gasteiger partial charge in [0.05, 0.1) is 11.1 Å². The zero-order chi connectivity index (χ0) is 12.1. The molecule has 4 nitrogen and oxygen atoms in total. The lowest BCUT2D eigenvalue weighted by molar-refractivity contribution is 0.416. The Morgan fingerprint density at radius 3 is 3.00 bits per heavy atom. The second kappa shape index (κ2) is 5.48. The van der Waals surface area contributed by atoms with Crippen LogP contribution in [-0.4, -0.2) is 27.8 Å². The van der Waals surface area contributed by atoms with Crippen molar-refractivity contribution in [2.75, 3.05) is 12.3 Å². The van der Waals surface area contributed by atoms with Gasteiger partial charge in [-0.3, -0.25) is 5.32 Å². The number of hydrogen-bond acceptors (Lipinski definition) is 5. The molecule has 1 N–H and O–H groups in total. The quantitative estimate of drug-likeness (QED) is 0.615. The van der Waals surface area contributed by atoms with Gasteiger partial charge in [-0.2, -0.15) is 5.26 Å². The summed E-state index contributed by atoms with van der Waals surface area (Å²) in [6, 6.07) is 4.35. The van der Waals surface area contributed by atoms with E-state index in [4.69, 9.17) is 0 Å². The molecule has 0 aromatic carbocycles. The largest absolute Gasteiger partial charge is 0.299 e. The first kappa shape index (κ1) is 12.3. The summed E-state index contributed by atoms with van der Waals surface area (Å²) in [6.45, 7) is 2.87. The highest BCUT2D eigenvalue weighted by molar-refractivity contribution is 7.99. The molecular formula is C12H16N4S. The summed E-state index contributed by atoms with van der Waals surface area (Å²) in [5.41, 5.74) is -0.385. The van der Waals surface area contributed by atoms with Gasteiger partial charge in [-0.1, -0.05) is 6.92 Å². The van der Waals surface area contributed by atoms with Gasteiger partial charge in [-0.05, 0) is 31.4 Å². The summed E-state index contributed by atoms with van der Waals surface area (Å²) >= 11 is 1.62. The third-order valence-electron chi connectivity index (χ3n) is 2.97. The summed E-state index contributed by atoms with van der Waals surface area (Å²) in [6.07, 6.45) is 5.59. The van der Waals surface area contributed by atoms with Gasteiger partial charge in [0.25, 0.3) is 0 Å². The molecule has 1 aromatic heterocycles. The number of hydrogen-bond donors (Lipinski definition) is 1. The molecular weight excluding hydrogens is 232 g/mol. The van der Waals surface area contributed by atoms with E-state index in [0.717, 1.165) is 30.2 Å². The Morgan fingerprint density at radius 2 is 2.47 bits per heavy atom. The molecule has 2 rings (SSSR count). The van der Waals surface area contributed by atoms with Crippen LogP contribution in [-0.2, 0) is 0 Å². The predicted octanol–water partition coefficient (Wildman–Crippen LogP) is 1.85. The van der Waals surface area contributed by atoms with Crippen molar-refractivity contribution < 1.29 is 0 Å². The fourth-order valence-corrected chi connectivity index (χ4v) is 2.98. The van der Waals surface area contributed by atoms with Gasteiger partial charge < -0.3 is 0 Å². The van der Waals surface area contributed by atoms with Gasteiger partial charge in [0.1, 0.15) is 11.9 Å². The smallest absolute Gasteiger partial charge is 0.119 e. The number of aromatic nitrogens is 2. The normalized spacial score (nSPS) is 18.4. The Balaban J connectivity index is 2.01. The van der Waals surface area contributed by atoms with Crippen molar-refractivity contribution >= 4 is 11.8 Å². The van der Waals surface area contributed by atoms with E-state index in [1.54, 1.807) is 24.3 Å². The third-order valence-corrected chi connectivity index (χ3v) is 4.11. The Morgan fingerprint density at radius 1 is 1.65 bits per heavy atom. The number of nitrogens with one attached hydrogen (secondary N) is 1. The highest BCUT2D eigenvalue weighted by atomic mass is 32.2. The maximum absolute atomic E-state index is 9.44.